The fourth-order valence-electron chi connectivity index (χ4n) is 3.21. The lowest BCUT2D eigenvalue weighted by Gasteiger charge is -2.36. The van der Waals surface area contributed by atoms with Crippen molar-refractivity contribution in [1.82, 2.24) is 0 Å². The molecule has 0 bridgehead atoms. The second-order valence-corrected chi connectivity index (χ2v) is 6.20. The zero-order valence-corrected chi connectivity index (χ0v) is 14.9. The Morgan fingerprint density at radius 2 is 1.67 bits per heavy atom. The van der Waals surface area contributed by atoms with E-state index in [-0.39, 0.29) is 11.9 Å². The number of carbonyl (C=O) groups is 1. The molecule has 0 N–H and O–H groups in total. The predicted molar refractivity (Wildman–Crippen MR) is 96.3 cm³/mol. The first-order valence-electron chi connectivity index (χ1n) is 8.40. The highest BCUT2D eigenvalue weighted by Crippen LogP contribution is 2.39. The summed E-state index contributed by atoms with van der Waals surface area (Å²) < 4.78 is 11.0. The van der Waals surface area contributed by atoms with E-state index in [1.165, 1.54) is 0 Å². The van der Waals surface area contributed by atoms with E-state index in [4.69, 9.17) is 9.47 Å². The van der Waals surface area contributed by atoms with Crippen LogP contribution in [0.1, 0.15) is 31.9 Å². The molecule has 0 saturated carbocycles. The number of para-hydroxylation sites is 1. The van der Waals surface area contributed by atoms with Crippen LogP contribution < -0.4 is 4.74 Å². The Labute approximate surface area is 144 Å². The number of hydrogen-bond donors (Lipinski definition) is 0. The molecule has 0 heterocycles. The third kappa shape index (κ3) is 3.45. The summed E-state index contributed by atoms with van der Waals surface area (Å²) in [5.74, 6) is 0.684. The van der Waals surface area contributed by atoms with Gasteiger partial charge in [0, 0.05) is 0 Å². The standard InChI is InChI=1S/C21H26O3/c1-5-24-20(22)21(16(2)3,18-12-7-6-8-13-18)15-17-11-9-10-14-19(17)23-4/h6-14,16H,5,15H2,1-4H3. The lowest BCUT2D eigenvalue weighted by atomic mass is 9.67. The van der Waals surface area contributed by atoms with Gasteiger partial charge in [-0.05, 0) is 36.5 Å². The van der Waals surface area contributed by atoms with Gasteiger partial charge in [0.25, 0.3) is 0 Å². The maximum Gasteiger partial charge on any atom is 0.317 e. The molecule has 0 aliphatic rings. The van der Waals surface area contributed by atoms with E-state index in [1.807, 2.05) is 61.5 Å². The van der Waals surface area contributed by atoms with Crippen molar-refractivity contribution >= 4 is 5.97 Å². The molecule has 0 amide bonds. The number of carbonyl (C=O) groups excluding carboxylic acids is 1. The molecule has 0 fully saturated rings. The maximum absolute atomic E-state index is 13.0. The first-order chi connectivity index (χ1) is 11.6. The summed E-state index contributed by atoms with van der Waals surface area (Å²) in [4.78, 5) is 13.0. The van der Waals surface area contributed by atoms with Gasteiger partial charge < -0.3 is 9.47 Å². The molecule has 24 heavy (non-hydrogen) atoms. The number of esters is 1. The van der Waals surface area contributed by atoms with Crippen molar-refractivity contribution in [3.63, 3.8) is 0 Å². The fraction of sp³-hybridized carbons (Fsp3) is 0.381. The third-order valence-electron chi connectivity index (χ3n) is 4.58. The van der Waals surface area contributed by atoms with Gasteiger partial charge in [-0.2, -0.15) is 0 Å². The summed E-state index contributed by atoms with van der Waals surface area (Å²) in [5.41, 5.74) is 1.24. The van der Waals surface area contributed by atoms with Crippen LogP contribution in [0.2, 0.25) is 0 Å². The lowest BCUT2D eigenvalue weighted by molar-refractivity contribution is -0.152. The highest BCUT2D eigenvalue weighted by molar-refractivity contribution is 5.84. The summed E-state index contributed by atoms with van der Waals surface area (Å²) in [6, 6.07) is 17.8. The Balaban J connectivity index is 2.59. The molecule has 128 valence electrons. The SMILES string of the molecule is CCOC(=O)C(Cc1ccccc1OC)(c1ccccc1)C(C)C. The molecule has 0 spiro atoms. The first-order valence-corrected chi connectivity index (χ1v) is 8.40. The first kappa shape index (κ1) is 18.1. The third-order valence-corrected chi connectivity index (χ3v) is 4.58. The predicted octanol–water partition coefficient (Wildman–Crippen LogP) is 4.39. The van der Waals surface area contributed by atoms with Crippen LogP contribution in [0.3, 0.4) is 0 Å². The van der Waals surface area contributed by atoms with Crippen LogP contribution in [0.5, 0.6) is 5.75 Å². The molecule has 0 aliphatic carbocycles. The van der Waals surface area contributed by atoms with Crippen LogP contribution in [-0.4, -0.2) is 19.7 Å². The van der Waals surface area contributed by atoms with E-state index in [0.717, 1.165) is 16.9 Å². The smallest absolute Gasteiger partial charge is 0.317 e. The van der Waals surface area contributed by atoms with Gasteiger partial charge in [-0.25, -0.2) is 0 Å². The molecule has 0 radical (unpaired) electrons. The molecule has 3 heteroatoms. The van der Waals surface area contributed by atoms with Crippen molar-refractivity contribution in [2.45, 2.75) is 32.6 Å². The number of ether oxygens (including phenoxy) is 2. The van der Waals surface area contributed by atoms with Crippen molar-refractivity contribution < 1.29 is 14.3 Å². The minimum absolute atomic E-state index is 0.0730. The van der Waals surface area contributed by atoms with E-state index >= 15 is 0 Å². The zero-order chi connectivity index (χ0) is 17.6. The maximum atomic E-state index is 13.0. The van der Waals surface area contributed by atoms with Gasteiger partial charge in [-0.3, -0.25) is 4.79 Å². The zero-order valence-electron chi connectivity index (χ0n) is 14.9. The Bertz CT molecular complexity index is 664. The summed E-state index contributed by atoms with van der Waals surface area (Å²) in [6.45, 7) is 6.35. The molecule has 0 aromatic heterocycles. The minimum Gasteiger partial charge on any atom is -0.496 e. The van der Waals surface area contributed by atoms with Crippen LogP contribution in [-0.2, 0) is 21.4 Å². The Morgan fingerprint density at radius 3 is 2.25 bits per heavy atom. The number of hydrogen-bond acceptors (Lipinski definition) is 3. The highest BCUT2D eigenvalue weighted by atomic mass is 16.5. The quantitative estimate of drug-likeness (QED) is 0.708. The molecule has 0 aliphatic heterocycles. The Morgan fingerprint density at radius 1 is 1.04 bits per heavy atom. The molecular formula is C21H26O3. The molecule has 0 saturated heterocycles. The van der Waals surface area contributed by atoms with E-state index in [0.29, 0.717) is 13.0 Å². The topological polar surface area (TPSA) is 35.5 Å². The van der Waals surface area contributed by atoms with Crippen molar-refractivity contribution in [3.05, 3.63) is 65.7 Å². The van der Waals surface area contributed by atoms with Gasteiger partial charge in [0.1, 0.15) is 5.75 Å². The molecule has 2 aromatic rings. The molecule has 2 rings (SSSR count). The number of benzene rings is 2. The van der Waals surface area contributed by atoms with Crippen molar-refractivity contribution in [2.24, 2.45) is 5.92 Å². The van der Waals surface area contributed by atoms with E-state index < -0.39 is 5.41 Å². The Hall–Kier alpha value is -2.29. The van der Waals surface area contributed by atoms with Crippen LogP contribution >= 0.6 is 0 Å². The number of rotatable bonds is 7. The highest BCUT2D eigenvalue weighted by Gasteiger charge is 2.45. The van der Waals surface area contributed by atoms with Crippen LogP contribution in [0.25, 0.3) is 0 Å². The second kappa shape index (κ2) is 8.00. The van der Waals surface area contributed by atoms with E-state index in [1.54, 1.807) is 7.11 Å². The monoisotopic (exact) mass is 326 g/mol. The lowest BCUT2D eigenvalue weighted by Crippen LogP contribution is -2.44. The van der Waals surface area contributed by atoms with Gasteiger partial charge in [0.2, 0.25) is 0 Å². The molecular weight excluding hydrogens is 300 g/mol. The van der Waals surface area contributed by atoms with Gasteiger partial charge >= 0.3 is 5.97 Å². The van der Waals surface area contributed by atoms with Gasteiger partial charge in [0.15, 0.2) is 0 Å². The van der Waals surface area contributed by atoms with Gasteiger partial charge in [0.05, 0.1) is 19.1 Å². The van der Waals surface area contributed by atoms with Crippen molar-refractivity contribution in [2.75, 3.05) is 13.7 Å². The molecule has 3 nitrogen and oxygen atoms in total. The summed E-state index contributed by atoms with van der Waals surface area (Å²) in [5, 5.41) is 0. The van der Waals surface area contributed by atoms with Gasteiger partial charge in [-0.15, -0.1) is 0 Å². The van der Waals surface area contributed by atoms with Crippen LogP contribution in [0, 0.1) is 5.92 Å². The van der Waals surface area contributed by atoms with Gasteiger partial charge in [-0.1, -0.05) is 62.4 Å². The minimum atomic E-state index is -0.744. The normalized spacial score (nSPS) is 13.4. The molecule has 1 atom stereocenters. The van der Waals surface area contributed by atoms with Crippen molar-refractivity contribution in [3.8, 4) is 5.75 Å². The largest absolute Gasteiger partial charge is 0.496 e. The van der Waals surface area contributed by atoms with Crippen LogP contribution in [0.15, 0.2) is 54.6 Å². The van der Waals surface area contributed by atoms with Crippen LogP contribution in [0.4, 0.5) is 0 Å². The summed E-state index contributed by atoms with van der Waals surface area (Å²) in [6.07, 6.45) is 0.539. The summed E-state index contributed by atoms with van der Waals surface area (Å²) in [7, 11) is 1.66. The summed E-state index contributed by atoms with van der Waals surface area (Å²) >= 11 is 0. The number of methoxy groups -OCH3 is 1. The second-order valence-electron chi connectivity index (χ2n) is 6.20. The molecule has 1 unspecified atom stereocenters. The van der Waals surface area contributed by atoms with E-state index in [9.17, 15) is 4.79 Å². The average Bonchev–Trinajstić information content (AvgIpc) is 2.60. The fourth-order valence-corrected chi connectivity index (χ4v) is 3.21. The average molecular weight is 326 g/mol. The van der Waals surface area contributed by atoms with E-state index in [2.05, 4.69) is 13.8 Å². The van der Waals surface area contributed by atoms with Crippen molar-refractivity contribution in [1.29, 1.82) is 0 Å². The Kier molecular flexibility index (Phi) is 6.02. The molecule has 2 aromatic carbocycles.